The molecule has 0 N–H and O–H groups in total. The second-order valence-electron chi connectivity index (χ2n) is 41.9. The highest BCUT2D eigenvalue weighted by atomic mass is 16.5. The topological polar surface area (TPSA) is 155 Å². The third kappa shape index (κ3) is 69.2. The average Bonchev–Trinajstić information content (AvgIpc) is 1.10. The number of unbranched alkanes of at least 4 members (excludes halogenated alkanes) is 1. The lowest BCUT2D eigenvalue weighted by Gasteiger charge is -2.46. The number of hydrogen-bond acceptors (Lipinski definition) is 22. The van der Waals surface area contributed by atoms with Crippen LogP contribution in [-0.4, -0.2) is 380 Å². The maximum Gasteiger partial charge on any atom is 0.118 e. The van der Waals surface area contributed by atoms with Crippen molar-refractivity contribution >= 4 is 0 Å². The van der Waals surface area contributed by atoms with Crippen LogP contribution in [0.2, 0.25) is 0 Å². The van der Waals surface area contributed by atoms with Crippen molar-refractivity contribution in [2.45, 2.75) is 387 Å². The number of nitrogens with zero attached hydrogens (tertiary/aromatic N) is 8. The molecule has 134 heavy (non-hydrogen) atoms. The van der Waals surface area contributed by atoms with E-state index in [0.717, 1.165) is 82.6 Å². The molecule has 0 aromatic heterocycles. The van der Waals surface area contributed by atoms with E-state index >= 15 is 0 Å². The van der Waals surface area contributed by atoms with Gasteiger partial charge in [-0.2, -0.15) is 0 Å². The fourth-order valence-corrected chi connectivity index (χ4v) is 20.6. The van der Waals surface area contributed by atoms with Gasteiger partial charge in [-0.05, 0) is 302 Å². The predicted molar refractivity (Wildman–Crippen MR) is 571 cm³/mol. The lowest BCUT2D eigenvalue weighted by molar-refractivity contribution is -0.0458. The van der Waals surface area contributed by atoms with Crippen LogP contribution >= 0.6 is 0 Å². The van der Waals surface area contributed by atoms with Crippen LogP contribution in [0.25, 0.3) is 0 Å². The summed E-state index contributed by atoms with van der Waals surface area (Å²) in [5, 5.41) is 0. The van der Waals surface area contributed by atoms with E-state index in [1.54, 1.807) is 71.1 Å². The average molecular weight is 1910 g/mol. The summed E-state index contributed by atoms with van der Waals surface area (Å²) < 4.78 is 72.5. The van der Waals surface area contributed by atoms with E-state index in [4.69, 9.17) is 66.3 Å². The standard InChI is InChI=1S/C13H26O.C10H20O.C9H18O.C9H12O.C9H18O.C8H18N2O.2C8H17NO.3C7H15NO.C6H13NO.C6H14O.C5H12O/c1-6-7-13(4)9-11(14-5)8-12(2,3)10-13;1-3-7-10(11-2)8-5-4-6-9-10;2*1-3-8-4-6-9(10-2)7-5-8;1-3-8-6-4-5-7-9(8)10-2;1-9-3-5-10(6-4-9)7-8-11-2;1-9-5-3-4-8(6-9)7-10-2;1-9-6-4-3-5-8(9)7-10-2;1-8-5-3-7(9-2)4-6-8;1-8-5-3-4-7(8)6-9-2;1-8-5-3-4-7(6-8)9-2;1-7-4-3-6(5-7)8-2;1-4-5-6(2)7-3;1-3-4-5-6-2/h11H,6-10H2,1-5H3;3-9H2,1-2H3;8-9H,3-7H2,1-2H3;4-7H,3H2,1-2H3;8-9H,3-7H2,1-2H3;3-8H2,1-2H3;2*8H,3-7H2,1-2H3;3*7H,3-6H2,1-2H3;6H,3-5H2,1-2H3;6H,4-5H2,1-3H3;3-5H2,1-2H3. The zero-order chi connectivity index (χ0) is 101. The van der Waals surface area contributed by atoms with Crippen molar-refractivity contribution in [2.24, 2.45) is 28.6 Å². The van der Waals surface area contributed by atoms with E-state index in [0.29, 0.717) is 65.6 Å². The van der Waals surface area contributed by atoms with E-state index < -0.39 is 0 Å². The summed E-state index contributed by atoms with van der Waals surface area (Å²) in [4.78, 5) is 18.9. The molecule has 0 amide bonds. The second kappa shape index (κ2) is 87.7. The molecule has 10 atom stereocenters. The summed E-state index contributed by atoms with van der Waals surface area (Å²) in [5.41, 5.74) is 2.59. The Kier molecular flexibility index (Phi) is 87.9. The van der Waals surface area contributed by atoms with Gasteiger partial charge in [-0.1, -0.05) is 158 Å². The maximum absolute atomic E-state index is 5.62. The van der Waals surface area contributed by atoms with E-state index in [1.807, 2.05) is 40.6 Å². The largest absolute Gasteiger partial charge is 0.497 e. The van der Waals surface area contributed by atoms with Crippen LogP contribution in [0.15, 0.2) is 24.3 Å². The van der Waals surface area contributed by atoms with Gasteiger partial charge in [0.05, 0.1) is 81.9 Å². The zero-order valence-electron chi connectivity index (χ0n) is 94.8. The highest BCUT2D eigenvalue weighted by Gasteiger charge is 2.41. The SMILES string of the molecule is CCC1CCC(OC)CC1.CCC1CCCCC1OC.CCCC(C)OC.CCCC1(C)CC(OC)CC(C)(C)C1.CCCC1(OC)CCCCC1.CCCCOC.CCc1ccc(OC)cc1.COC1CCCN(C)C1.COC1CCN(C)C1.COC1CCN(C)CC1.COCC1CCCCN1C.COCC1CCCN(C)C1.COCC1CCCN1C.COCCN1CCN(C)CC1. The number of ether oxygens (including phenoxy) is 14. The van der Waals surface area contributed by atoms with Crippen LogP contribution in [0.4, 0.5) is 0 Å². The van der Waals surface area contributed by atoms with E-state index in [-0.39, 0.29) is 5.60 Å². The fraction of sp³-hybridized carbons (Fsp3) is 0.946. The molecule has 0 spiro atoms. The van der Waals surface area contributed by atoms with Crippen molar-refractivity contribution in [1.82, 2.24) is 39.2 Å². The number of likely N-dealkylation sites (N-methyl/N-ethyl adjacent to an activating group) is 5. The molecule has 7 saturated heterocycles. The summed E-state index contributed by atoms with van der Waals surface area (Å²) in [5.74, 6) is 3.55. The molecule has 4 aliphatic carbocycles. The molecule has 0 radical (unpaired) electrons. The molecule has 1 aromatic rings. The molecule has 22 heteroatoms. The molecule has 7 aliphatic heterocycles. The fourth-order valence-electron chi connectivity index (χ4n) is 20.6. The first-order chi connectivity index (χ1) is 64.4. The van der Waals surface area contributed by atoms with Gasteiger partial charge in [0, 0.05) is 183 Å². The van der Waals surface area contributed by atoms with Crippen molar-refractivity contribution in [3.63, 3.8) is 0 Å². The number of aryl methyl sites for hydroxylation is 1. The van der Waals surface area contributed by atoms with Gasteiger partial charge in [-0.3, -0.25) is 4.90 Å². The minimum absolute atomic E-state index is 0.271. The van der Waals surface area contributed by atoms with Crippen LogP contribution in [0.3, 0.4) is 0 Å². The first-order valence-electron chi connectivity index (χ1n) is 54.3. The minimum atomic E-state index is 0.271. The summed E-state index contributed by atoms with van der Waals surface area (Å²) in [6.07, 6.45) is 54.1. The number of hydrogen-bond donors (Lipinski definition) is 0. The highest BCUT2D eigenvalue weighted by Crippen LogP contribution is 2.49. The third-order valence-electron chi connectivity index (χ3n) is 29.5. The summed E-state index contributed by atoms with van der Waals surface area (Å²) >= 11 is 0. The molecule has 11 fully saturated rings. The van der Waals surface area contributed by atoms with Crippen molar-refractivity contribution in [2.75, 3.05) is 280 Å². The van der Waals surface area contributed by atoms with Gasteiger partial charge in [-0.25, -0.2) is 0 Å². The van der Waals surface area contributed by atoms with Crippen molar-refractivity contribution in [1.29, 1.82) is 0 Å². The molecule has 0 bridgehead atoms. The van der Waals surface area contributed by atoms with Gasteiger partial charge in [0.15, 0.2) is 0 Å². The van der Waals surface area contributed by atoms with Gasteiger partial charge in [-0.15, -0.1) is 0 Å². The molecule has 1 aromatic carbocycles. The summed E-state index contributed by atoms with van der Waals surface area (Å²) in [7, 11) is 40.2. The minimum Gasteiger partial charge on any atom is -0.497 e. The maximum atomic E-state index is 5.62. The lowest BCUT2D eigenvalue weighted by Crippen LogP contribution is -2.45. The normalized spacial score (nSPS) is 26.4. The number of likely N-dealkylation sites (tertiary alicyclic amines) is 6. The Morgan fingerprint density at radius 2 is 0.873 bits per heavy atom. The van der Waals surface area contributed by atoms with Gasteiger partial charge in [0.2, 0.25) is 0 Å². The van der Waals surface area contributed by atoms with E-state index in [9.17, 15) is 0 Å². The quantitative estimate of drug-likeness (QED) is 0.0670. The summed E-state index contributed by atoms with van der Waals surface area (Å²) in [6.45, 7) is 47.2. The molecule has 4 saturated carbocycles. The molecular weight excluding hydrogens is 1680 g/mol. The molecular formula is C112H230N8O14. The summed E-state index contributed by atoms with van der Waals surface area (Å²) in [6, 6.07) is 9.50. The lowest BCUT2D eigenvalue weighted by atomic mass is 9.62. The second-order valence-corrected chi connectivity index (χ2v) is 41.9. The van der Waals surface area contributed by atoms with E-state index in [1.165, 1.54) is 328 Å². The molecule has 11 aliphatic rings. The van der Waals surface area contributed by atoms with Crippen LogP contribution in [0.1, 0.15) is 326 Å². The predicted octanol–water partition coefficient (Wildman–Crippen LogP) is 22.4. The number of rotatable bonds is 30. The Labute approximate surface area is 832 Å². The van der Waals surface area contributed by atoms with Crippen LogP contribution in [-0.2, 0) is 68.0 Å². The van der Waals surface area contributed by atoms with Gasteiger partial charge < -0.3 is 101 Å². The van der Waals surface area contributed by atoms with Crippen molar-refractivity contribution < 1.29 is 66.3 Å². The Bertz CT molecular complexity index is 2540. The molecule has 802 valence electrons. The monoisotopic (exact) mass is 1910 g/mol. The van der Waals surface area contributed by atoms with Crippen LogP contribution < -0.4 is 4.74 Å². The Morgan fingerprint density at radius 3 is 1.29 bits per heavy atom. The Hall–Kier alpha value is -1.82. The van der Waals surface area contributed by atoms with Crippen LogP contribution in [0, 0.1) is 28.6 Å². The van der Waals surface area contributed by atoms with Gasteiger partial charge in [0.25, 0.3) is 0 Å². The molecule has 22 nitrogen and oxygen atoms in total. The number of methoxy groups -OCH3 is 14. The smallest absolute Gasteiger partial charge is 0.118 e. The first-order valence-corrected chi connectivity index (χ1v) is 54.3. The van der Waals surface area contributed by atoms with Crippen LogP contribution in [0.5, 0.6) is 5.75 Å². The Morgan fingerprint density at radius 1 is 0.381 bits per heavy atom. The Balaban J connectivity index is 0. The molecule has 12 rings (SSSR count). The number of benzene rings is 1. The highest BCUT2D eigenvalue weighted by molar-refractivity contribution is 5.27. The molecule has 7 heterocycles. The molecule has 10 unspecified atom stereocenters. The third-order valence-corrected chi connectivity index (χ3v) is 29.5. The van der Waals surface area contributed by atoms with E-state index in [2.05, 4.69) is 177 Å². The van der Waals surface area contributed by atoms with Gasteiger partial charge in [0.1, 0.15) is 5.75 Å². The zero-order valence-corrected chi connectivity index (χ0v) is 94.8. The van der Waals surface area contributed by atoms with Gasteiger partial charge >= 0.3 is 0 Å². The number of piperazine rings is 1. The first kappa shape index (κ1) is 134. The van der Waals surface area contributed by atoms with Crippen molar-refractivity contribution in [3.05, 3.63) is 29.8 Å². The van der Waals surface area contributed by atoms with Crippen molar-refractivity contribution in [3.8, 4) is 5.75 Å². The number of piperidine rings is 4.